The predicted octanol–water partition coefficient (Wildman–Crippen LogP) is 2.41. The minimum Gasteiger partial charge on any atom is -0.399 e. The molecule has 2 aromatic carbocycles. The Labute approximate surface area is 139 Å². The Kier molecular flexibility index (Phi) is 3.96. The van der Waals surface area contributed by atoms with Gasteiger partial charge in [0, 0.05) is 11.3 Å². The zero-order valence-electron chi connectivity index (χ0n) is 12.5. The van der Waals surface area contributed by atoms with Crippen molar-refractivity contribution in [1.82, 2.24) is 10.4 Å². The van der Waals surface area contributed by atoms with Crippen LogP contribution in [0.2, 0.25) is 0 Å². The van der Waals surface area contributed by atoms with Gasteiger partial charge in [-0.3, -0.25) is 15.0 Å². The first-order valence-electron chi connectivity index (χ1n) is 7.17. The average molecular weight is 330 g/mol. The summed E-state index contributed by atoms with van der Waals surface area (Å²) in [5, 5.41) is 0.602. The van der Waals surface area contributed by atoms with Gasteiger partial charge in [0.15, 0.2) is 0 Å². The molecule has 5 nitrogen and oxygen atoms in total. The van der Waals surface area contributed by atoms with E-state index in [1.807, 2.05) is 31.2 Å². The quantitative estimate of drug-likeness (QED) is 0.516. The van der Waals surface area contributed by atoms with Crippen LogP contribution in [0.4, 0.5) is 5.69 Å². The predicted molar refractivity (Wildman–Crippen MR) is 88.7 cm³/mol. The molecule has 6 heteroatoms. The lowest BCUT2D eigenvalue weighted by Gasteiger charge is -2.44. The van der Waals surface area contributed by atoms with Gasteiger partial charge in [0.05, 0.1) is 0 Å². The summed E-state index contributed by atoms with van der Waals surface area (Å²) in [4.78, 5) is 24.2. The number of hydrazine groups is 1. The van der Waals surface area contributed by atoms with Crippen LogP contribution >= 0.6 is 11.6 Å². The van der Waals surface area contributed by atoms with Crippen LogP contribution in [0.15, 0.2) is 48.5 Å². The number of rotatable bonds is 3. The first-order chi connectivity index (χ1) is 11.0. The standard InChI is InChI=1S/C17H16ClN3O2/c1-10-2-4-11(5-3-10)15-14(18)17(23)21(15)20-16(22)12-6-8-13(19)9-7-12/h2-9,14-15H,19H2,1H3,(H,20,22)/t14-,15-/m0/s1. The van der Waals surface area contributed by atoms with Gasteiger partial charge in [-0.05, 0) is 36.8 Å². The molecule has 3 N–H and O–H groups in total. The molecule has 0 bridgehead atoms. The van der Waals surface area contributed by atoms with Gasteiger partial charge in [-0.2, -0.15) is 0 Å². The zero-order chi connectivity index (χ0) is 16.6. The lowest BCUT2D eigenvalue weighted by Crippen LogP contribution is -2.63. The number of halogens is 1. The monoisotopic (exact) mass is 329 g/mol. The largest absolute Gasteiger partial charge is 0.399 e. The number of nitrogen functional groups attached to an aromatic ring is 1. The molecule has 0 aromatic heterocycles. The molecule has 118 valence electrons. The highest BCUT2D eigenvalue weighted by molar-refractivity contribution is 6.33. The molecule has 1 saturated heterocycles. The molecular formula is C17H16ClN3O2. The van der Waals surface area contributed by atoms with Crippen molar-refractivity contribution >= 4 is 29.1 Å². The van der Waals surface area contributed by atoms with Crippen LogP contribution in [-0.4, -0.2) is 22.2 Å². The van der Waals surface area contributed by atoms with E-state index in [9.17, 15) is 9.59 Å². The van der Waals surface area contributed by atoms with Crippen LogP contribution in [0.3, 0.4) is 0 Å². The van der Waals surface area contributed by atoms with Crippen molar-refractivity contribution in [3.63, 3.8) is 0 Å². The number of carbonyl (C=O) groups is 2. The number of nitrogens with two attached hydrogens (primary N) is 1. The van der Waals surface area contributed by atoms with Gasteiger partial charge < -0.3 is 5.73 Å². The Hall–Kier alpha value is -2.53. The number of nitrogens with zero attached hydrogens (tertiary/aromatic N) is 1. The van der Waals surface area contributed by atoms with E-state index in [-0.39, 0.29) is 17.9 Å². The van der Waals surface area contributed by atoms with Crippen molar-refractivity contribution in [3.8, 4) is 0 Å². The van der Waals surface area contributed by atoms with Gasteiger partial charge in [-0.15, -0.1) is 11.6 Å². The smallest absolute Gasteiger partial charge is 0.269 e. The molecule has 2 aromatic rings. The van der Waals surface area contributed by atoms with Crippen LogP contribution < -0.4 is 11.2 Å². The summed E-state index contributed by atoms with van der Waals surface area (Å²) >= 11 is 6.13. The summed E-state index contributed by atoms with van der Waals surface area (Å²) in [5.74, 6) is -0.694. The molecule has 0 spiro atoms. The Balaban J connectivity index is 1.77. The highest BCUT2D eigenvalue weighted by Gasteiger charge is 2.48. The van der Waals surface area contributed by atoms with E-state index in [0.29, 0.717) is 11.3 Å². The first kappa shape index (κ1) is 15.4. The second-order valence-corrected chi connectivity index (χ2v) is 6.00. The molecule has 2 amide bonds. The molecule has 0 radical (unpaired) electrons. The fourth-order valence-electron chi connectivity index (χ4n) is 2.47. The molecular weight excluding hydrogens is 314 g/mol. The number of benzene rings is 2. The number of amides is 2. The van der Waals surface area contributed by atoms with Crippen molar-refractivity contribution in [2.45, 2.75) is 18.3 Å². The second kappa shape index (κ2) is 5.93. The van der Waals surface area contributed by atoms with Gasteiger partial charge in [-0.25, -0.2) is 5.01 Å². The number of anilines is 1. The van der Waals surface area contributed by atoms with E-state index in [2.05, 4.69) is 5.43 Å². The van der Waals surface area contributed by atoms with E-state index in [0.717, 1.165) is 11.1 Å². The van der Waals surface area contributed by atoms with Crippen molar-refractivity contribution in [2.24, 2.45) is 0 Å². The summed E-state index contributed by atoms with van der Waals surface area (Å²) in [6, 6.07) is 13.8. The Bertz CT molecular complexity index is 743. The van der Waals surface area contributed by atoms with Crippen LogP contribution in [0.25, 0.3) is 0 Å². The maximum absolute atomic E-state index is 12.3. The zero-order valence-corrected chi connectivity index (χ0v) is 13.2. The minimum absolute atomic E-state index is 0.318. The molecule has 0 unspecified atom stereocenters. The van der Waals surface area contributed by atoms with Crippen LogP contribution in [0.1, 0.15) is 27.5 Å². The normalized spacial score (nSPS) is 20.1. The van der Waals surface area contributed by atoms with E-state index in [4.69, 9.17) is 17.3 Å². The van der Waals surface area contributed by atoms with Gasteiger partial charge in [0.25, 0.3) is 11.8 Å². The molecule has 1 aliphatic heterocycles. The fourth-order valence-corrected chi connectivity index (χ4v) is 2.83. The van der Waals surface area contributed by atoms with E-state index >= 15 is 0 Å². The van der Waals surface area contributed by atoms with E-state index < -0.39 is 5.38 Å². The van der Waals surface area contributed by atoms with Crippen molar-refractivity contribution in [2.75, 3.05) is 5.73 Å². The van der Waals surface area contributed by atoms with Gasteiger partial charge >= 0.3 is 0 Å². The third-order valence-corrected chi connectivity index (χ3v) is 4.27. The third-order valence-electron chi connectivity index (χ3n) is 3.84. The van der Waals surface area contributed by atoms with Crippen molar-refractivity contribution in [1.29, 1.82) is 0 Å². The lowest BCUT2D eigenvalue weighted by atomic mass is 9.94. The summed E-state index contributed by atoms with van der Waals surface area (Å²) in [5.41, 5.74) is 11.2. The molecule has 1 aliphatic rings. The number of carbonyl (C=O) groups excluding carboxylic acids is 2. The Morgan fingerprint density at radius 2 is 1.74 bits per heavy atom. The number of hydrogen-bond acceptors (Lipinski definition) is 3. The number of nitrogens with one attached hydrogen (secondary N) is 1. The van der Waals surface area contributed by atoms with E-state index in [1.165, 1.54) is 5.01 Å². The van der Waals surface area contributed by atoms with Crippen LogP contribution in [0, 0.1) is 6.92 Å². The summed E-state index contributed by atoms with van der Waals surface area (Å²) in [7, 11) is 0. The number of β-lactam (4-membered cyclic amide) rings is 1. The third kappa shape index (κ3) is 2.87. The molecule has 0 saturated carbocycles. The maximum Gasteiger partial charge on any atom is 0.269 e. The molecule has 0 aliphatic carbocycles. The van der Waals surface area contributed by atoms with Gasteiger partial charge in [0.2, 0.25) is 0 Å². The molecule has 1 fully saturated rings. The highest BCUT2D eigenvalue weighted by Crippen LogP contribution is 2.37. The summed E-state index contributed by atoms with van der Waals surface area (Å²) in [6.45, 7) is 1.98. The Morgan fingerprint density at radius 3 is 2.35 bits per heavy atom. The van der Waals surface area contributed by atoms with Gasteiger partial charge in [-0.1, -0.05) is 29.8 Å². The fraction of sp³-hybridized carbons (Fsp3) is 0.176. The highest BCUT2D eigenvalue weighted by atomic mass is 35.5. The Morgan fingerprint density at radius 1 is 1.13 bits per heavy atom. The second-order valence-electron chi connectivity index (χ2n) is 5.53. The summed E-state index contributed by atoms with van der Waals surface area (Å²) < 4.78 is 0. The number of alkyl halides is 1. The van der Waals surface area contributed by atoms with Crippen LogP contribution in [-0.2, 0) is 4.79 Å². The molecule has 2 atom stereocenters. The topological polar surface area (TPSA) is 75.4 Å². The number of aryl methyl sites for hydroxylation is 1. The van der Waals surface area contributed by atoms with Gasteiger partial charge in [0.1, 0.15) is 11.4 Å². The van der Waals surface area contributed by atoms with Crippen molar-refractivity contribution in [3.05, 3.63) is 65.2 Å². The molecule has 23 heavy (non-hydrogen) atoms. The van der Waals surface area contributed by atoms with E-state index in [1.54, 1.807) is 24.3 Å². The maximum atomic E-state index is 12.3. The SMILES string of the molecule is Cc1ccc([C@H]2[C@H](Cl)C(=O)N2NC(=O)c2ccc(N)cc2)cc1. The number of hydrogen-bond donors (Lipinski definition) is 2. The molecule has 1 heterocycles. The lowest BCUT2D eigenvalue weighted by molar-refractivity contribution is -0.149. The molecule has 3 rings (SSSR count). The van der Waals surface area contributed by atoms with Crippen LogP contribution in [0.5, 0.6) is 0 Å². The van der Waals surface area contributed by atoms with Crippen molar-refractivity contribution < 1.29 is 9.59 Å². The first-order valence-corrected chi connectivity index (χ1v) is 7.61. The average Bonchev–Trinajstić information content (AvgIpc) is 2.56. The minimum atomic E-state index is -0.676. The summed E-state index contributed by atoms with van der Waals surface area (Å²) in [6.07, 6.45) is 0.